The number of aldehydes is 1. The number of halogens is 3. The molecule has 50 heavy (non-hydrogen) atoms. The van der Waals surface area contributed by atoms with E-state index in [9.17, 15) is 18.7 Å². The Bertz CT molecular complexity index is 2160. The van der Waals surface area contributed by atoms with Crippen LogP contribution in [-0.2, 0) is 27.2 Å². The van der Waals surface area contributed by atoms with Gasteiger partial charge < -0.3 is 38.6 Å². The molecule has 1 unspecified atom stereocenters. The minimum atomic E-state index is -0.808. The van der Waals surface area contributed by atoms with E-state index < -0.39 is 17.7 Å². The van der Waals surface area contributed by atoms with Crippen molar-refractivity contribution < 1.29 is 35.7 Å². The standard InChI is InChI=1S/C17H16FN5O.C16H12FN5O.CH3.BrH.Mg/c1-11(24)16-5-13(18)3-4-15(16)17-12(7-21-22(17)2)8-23-9-14(6-19)20-10-23;1-21-16(15-3-2-13(17)4-11(15)9-23)12(6-20-21)7-22-8-14(5-18)19-10-22;;;/h3-5,7,9-11,24H,8H2,1-2H3;2-4,6,8-10H,7H2,1H3;1H3;1H;/q;;-1;;+2/p-1. The quantitative estimate of drug-likeness (QED) is 0.140. The Hall–Kier alpha value is -5.00. The zero-order valence-corrected chi connectivity index (χ0v) is 30.7. The SMILES string of the molecule is CC(O)c1cc(F)ccc1-c1c(Cn2cnc(C#N)c2)cnn1C.Cn1ncc(Cn2cnc(C#N)c2)c1-c1ccc(F)cc1C=O.[Br-].[CH3-].[Mg+2]. The van der Waals surface area contributed by atoms with Crippen LogP contribution in [-0.4, -0.2) is 73.1 Å². The Morgan fingerprint density at radius 1 is 0.840 bits per heavy atom. The second-order valence-electron chi connectivity index (χ2n) is 10.6. The third kappa shape index (κ3) is 9.16. The first-order chi connectivity index (χ1) is 22.6. The van der Waals surface area contributed by atoms with E-state index in [1.54, 1.807) is 89.1 Å². The van der Waals surface area contributed by atoms with Crippen LogP contribution in [0.15, 0.2) is 73.8 Å². The molecule has 0 aliphatic rings. The van der Waals surface area contributed by atoms with Gasteiger partial charge in [0.15, 0.2) is 17.7 Å². The van der Waals surface area contributed by atoms with Crippen LogP contribution < -0.4 is 17.0 Å². The molecule has 1 atom stereocenters. The maximum atomic E-state index is 13.6. The monoisotopic (exact) mass is 752 g/mol. The number of carbonyl (C=O) groups excluding carboxylic acids is 1. The summed E-state index contributed by atoms with van der Waals surface area (Å²) < 4.78 is 33.8. The summed E-state index contributed by atoms with van der Waals surface area (Å²) in [6.45, 7) is 2.51. The number of aliphatic hydroxyl groups excluding tert-OH is 1. The summed E-state index contributed by atoms with van der Waals surface area (Å²) in [6, 6.07) is 12.4. The van der Waals surface area contributed by atoms with Crippen molar-refractivity contribution in [3.05, 3.63) is 127 Å². The fourth-order valence-corrected chi connectivity index (χ4v) is 5.24. The van der Waals surface area contributed by atoms with Gasteiger partial charge in [0.05, 0.1) is 55.6 Å². The van der Waals surface area contributed by atoms with E-state index in [1.807, 2.05) is 12.1 Å². The van der Waals surface area contributed by atoms with Gasteiger partial charge in [0.2, 0.25) is 0 Å². The molecule has 252 valence electrons. The van der Waals surface area contributed by atoms with Crippen molar-refractivity contribution in [3.8, 4) is 34.7 Å². The molecule has 0 saturated heterocycles. The van der Waals surface area contributed by atoms with Gasteiger partial charge in [-0.1, -0.05) is 0 Å². The number of hydrogen-bond acceptors (Lipinski definition) is 8. The van der Waals surface area contributed by atoms with Gasteiger partial charge in [-0.3, -0.25) is 14.2 Å². The van der Waals surface area contributed by atoms with Gasteiger partial charge in [-0.2, -0.15) is 20.7 Å². The molecule has 0 fully saturated rings. The molecule has 4 heterocycles. The molecule has 0 bridgehead atoms. The number of carbonyl (C=O) groups is 1. The fraction of sp³-hybridized carbons (Fsp3) is 0.176. The molecule has 0 radical (unpaired) electrons. The second-order valence-corrected chi connectivity index (χ2v) is 10.6. The fourth-order valence-electron chi connectivity index (χ4n) is 5.24. The third-order valence-corrected chi connectivity index (χ3v) is 7.35. The van der Waals surface area contributed by atoms with Crippen LogP contribution in [0.25, 0.3) is 22.5 Å². The topological polar surface area (TPSA) is 156 Å². The van der Waals surface area contributed by atoms with Gasteiger partial charge in [-0.05, 0) is 48.9 Å². The van der Waals surface area contributed by atoms with Crippen LogP contribution in [0.5, 0.6) is 0 Å². The van der Waals surface area contributed by atoms with Crippen LogP contribution in [0, 0.1) is 41.7 Å². The van der Waals surface area contributed by atoms with E-state index in [1.165, 1.54) is 24.3 Å². The van der Waals surface area contributed by atoms with E-state index in [-0.39, 0.29) is 53.0 Å². The molecule has 1 N–H and O–H groups in total. The van der Waals surface area contributed by atoms with Crippen LogP contribution in [0.3, 0.4) is 0 Å². The Balaban J connectivity index is 0.000000327. The van der Waals surface area contributed by atoms with Crippen molar-refractivity contribution >= 4 is 29.3 Å². The number of aryl methyl sites for hydroxylation is 2. The van der Waals surface area contributed by atoms with Gasteiger partial charge >= 0.3 is 23.1 Å². The van der Waals surface area contributed by atoms with Crippen molar-refractivity contribution in [1.82, 2.24) is 38.7 Å². The molecule has 0 aliphatic heterocycles. The average molecular weight is 754 g/mol. The van der Waals surface area contributed by atoms with Gasteiger partial charge in [0.1, 0.15) is 23.8 Å². The average Bonchev–Trinajstić information content (AvgIpc) is 3.86. The van der Waals surface area contributed by atoms with Crippen molar-refractivity contribution in [2.24, 2.45) is 14.1 Å². The number of hydrogen-bond donors (Lipinski definition) is 1. The zero-order valence-electron chi connectivity index (χ0n) is 27.7. The maximum Gasteiger partial charge on any atom is 2.00 e. The maximum absolute atomic E-state index is 13.6. The molecule has 12 nitrogen and oxygen atoms in total. The summed E-state index contributed by atoms with van der Waals surface area (Å²) in [5.41, 5.74) is 5.99. The third-order valence-electron chi connectivity index (χ3n) is 7.35. The Morgan fingerprint density at radius 3 is 1.74 bits per heavy atom. The van der Waals surface area contributed by atoms with Gasteiger partial charge in [0.25, 0.3) is 0 Å². The van der Waals surface area contributed by atoms with E-state index in [0.717, 1.165) is 28.1 Å². The van der Waals surface area contributed by atoms with Gasteiger partial charge in [-0.25, -0.2) is 18.7 Å². The van der Waals surface area contributed by atoms with Crippen molar-refractivity contribution in [2.45, 2.75) is 26.1 Å². The van der Waals surface area contributed by atoms with Crippen molar-refractivity contribution in [2.75, 3.05) is 0 Å². The molecule has 0 saturated carbocycles. The molecule has 0 amide bonds. The Kier molecular flexibility index (Phi) is 14.9. The largest absolute Gasteiger partial charge is 2.00 e. The molecule has 6 rings (SSSR count). The first-order valence-corrected chi connectivity index (χ1v) is 14.2. The number of aromatic nitrogens is 8. The minimum absolute atomic E-state index is 0. The molecular weight excluding hydrogens is 723 g/mol. The normalized spacial score (nSPS) is 10.6. The molecule has 2 aromatic carbocycles. The van der Waals surface area contributed by atoms with Crippen LogP contribution >= 0.6 is 0 Å². The van der Waals surface area contributed by atoms with E-state index in [2.05, 4.69) is 20.2 Å². The van der Waals surface area contributed by atoms with E-state index >= 15 is 0 Å². The summed E-state index contributed by atoms with van der Waals surface area (Å²) in [7, 11) is 3.55. The predicted octanol–water partition coefficient (Wildman–Crippen LogP) is 1.62. The van der Waals surface area contributed by atoms with E-state index in [0.29, 0.717) is 41.9 Å². The molecule has 16 heteroatoms. The molecule has 0 aliphatic carbocycles. The summed E-state index contributed by atoms with van der Waals surface area (Å²) >= 11 is 0. The summed E-state index contributed by atoms with van der Waals surface area (Å²) in [4.78, 5) is 19.2. The number of aliphatic hydroxyl groups is 1. The summed E-state index contributed by atoms with van der Waals surface area (Å²) in [5.74, 6) is -0.862. The van der Waals surface area contributed by atoms with Crippen LogP contribution in [0.1, 0.15) is 51.5 Å². The number of rotatable bonds is 8. The Morgan fingerprint density at radius 2 is 1.30 bits per heavy atom. The summed E-state index contributed by atoms with van der Waals surface area (Å²) in [5, 5.41) is 36.2. The molecule has 6 aromatic rings. The molecule has 4 aromatic heterocycles. The van der Waals surface area contributed by atoms with Crippen molar-refractivity contribution in [3.63, 3.8) is 0 Å². The first kappa shape index (κ1) is 41.2. The number of nitriles is 2. The molecular formula is C34H31BrF2MgN10O2. The second kappa shape index (κ2) is 18.1. The van der Waals surface area contributed by atoms with Gasteiger partial charge in [-0.15, -0.1) is 0 Å². The zero-order chi connectivity index (χ0) is 33.7. The minimum Gasteiger partial charge on any atom is -1.00 e. The summed E-state index contributed by atoms with van der Waals surface area (Å²) in [6.07, 6.45) is 9.63. The first-order valence-electron chi connectivity index (χ1n) is 14.2. The molecule has 0 spiro atoms. The number of benzene rings is 2. The number of nitrogens with zero attached hydrogens (tertiary/aromatic N) is 10. The number of imidazole rings is 2. The van der Waals surface area contributed by atoms with Crippen LogP contribution in [0.4, 0.5) is 8.78 Å². The van der Waals surface area contributed by atoms with Crippen molar-refractivity contribution in [1.29, 1.82) is 10.5 Å². The predicted molar refractivity (Wildman–Crippen MR) is 177 cm³/mol. The Labute approximate surface area is 314 Å². The van der Waals surface area contributed by atoms with Gasteiger partial charge in [0, 0.05) is 54.3 Å². The smallest absolute Gasteiger partial charge is 1.00 e. The van der Waals surface area contributed by atoms with Crippen LogP contribution in [0.2, 0.25) is 0 Å². The van der Waals surface area contributed by atoms with E-state index in [4.69, 9.17) is 10.5 Å².